The molecule has 0 unspecified atom stereocenters. The molecule has 0 fully saturated rings. The minimum atomic E-state index is -0.587. The molecule has 0 bridgehead atoms. The van der Waals surface area contributed by atoms with Crippen molar-refractivity contribution in [3.05, 3.63) is 35.4 Å². The summed E-state index contributed by atoms with van der Waals surface area (Å²) in [6, 6.07) is 8.02. The standard InChI is InChI=1S/C19H30N2O3/c1-14(2)11-20-17(22)12-21-18(23)24-13-16-8-6-7-15(9-16)10-19(3,4)5/h6-9,14H,10-13H2,1-5H3,(H,20,22)(H,21,23). The van der Waals surface area contributed by atoms with Crippen molar-refractivity contribution in [2.24, 2.45) is 11.3 Å². The van der Waals surface area contributed by atoms with E-state index in [-0.39, 0.29) is 24.5 Å². The average molecular weight is 334 g/mol. The molecule has 0 aliphatic heterocycles. The molecule has 1 aromatic rings. The Morgan fingerprint density at radius 2 is 1.79 bits per heavy atom. The molecule has 0 aromatic heterocycles. The van der Waals surface area contributed by atoms with Gasteiger partial charge >= 0.3 is 6.09 Å². The Balaban J connectivity index is 2.36. The molecular weight excluding hydrogens is 304 g/mol. The Kier molecular flexibility index (Phi) is 7.75. The second kappa shape index (κ2) is 9.30. The van der Waals surface area contributed by atoms with Crippen LogP contribution in [0.3, 0.4) is 0 Å². The number of carbonyl (C=O) groups is 2. The van der Waals surface area contributed by atoms with Gasteiger partial charge in [-0.15, -0.1) is 0 Å². The predicted octanol–water partition coefficient (Wildman–Crippen LogP) is 3.27. The molecule has 0 aliphatic carbocycles. The molecule has 0 aliphatic rings. The SMILES string of the molecule is CC(C)CNC(=O)CNC(=O)OCc1cccc(CC(C)(C)C)c1. The van der Waals surface area contributed by atoms with Crippen molar-refractivity contribution in [1.82, 2.24) is 10.6 Å². The van der Waals surface area contributed by atoms with Gasteiger partial charge in [-0.25, -0.2) is 4.79 Å². The highest BCUT2D eigenvalue weighted by Crippen LogP contribution is 2.21. The van der Waals surface area contributed by atoms with E-state index >= 15 is 0 Å². The normalized spacial score (nSPS) is 11.2. The minimum absolute atomic E-state index is 0.0738. The molecule has 1 aromatic carbocycles. The number of ether oxygens (including phenoxy) is 1. The Labute approximate surface area is 145 Å². The zero-order valence-corrected chi connectivity index (χ0v) is 15.4. The van der Waals surface area contributed by atoms with Gasteiger partial charge in [-0.2, -0.15) is 0 Å². The Bertz CT molecular complexity index is 548. The van der Waals surface area contributed by atoms with Gasteiger partial charge in [-0.3, -0.25) is 4.79 Å². The summed E-state index contributed by atoms with van der Waals surface area (Å²) >= 11 is 0. The summed E-state index contributed by atoms with van der Waals surface area (Å²) in [6.07, 6.45) is 0.374. The summed E-state index contributed by atoms with van der Waals surface area (Å²) in [5, 5.41) is 5.19. The largest absolute Gasteiger partial charge is 0.445 e. The molecule has 1 rings (SSSR count). The van der Waals surface area contributed by atoms with Crippen LogP contribution in [0.2, 0.25) is 0 Å². The van der Waals surface area contributed by atoms with Crippen LogP contribution in [0.25, 0.3) is 0 Å². The molecule has 24 heavy (non-hydrogen) atoms. The van der Waals surface area contributed by atoms with E-state index in [0.29, 0.717) is 12.5 Å². The van der Waals surface area contributed by atoms with Crippen molar-refractivity contribution in [2.45, 2.75) is 47.6 Å². The molecule has 0 spiro atoms. The van der Waals surface area contributed by atoms with Crippen LogP contribution in [0.1, 0.15) is 45.7 Å². The molecule has 5 heteroatoms. The van der Waals surface area contributed by atoms with E-state index in [4.69, 9.17) is 4.74 Å². The fourth-order valence-corrected chi connectivity index (χ4v) is 2.17. The minimum Gasteiger partial charge on any atom is -0.445 e. The molecule has 0 saturated heterocycles. The van der Waals surface area contributed by atoms with Crippen LogP contribution in [0, 0.1) is 11.3 Å². The molecule has 0 saturated carbocycles. The van der Waals surface area contributed by atoms with Gasteiger partial charge in [-0.05, 0) is 28.9 Å². The number of benzene rings is 1. The fraction of sp³-hybridized carbons (Fsp3) is 0.579. The lowest BCUT2D eigenvalue weighted by molar-refractivity contribution is -0.120. The molecule has 134 valence electrons. The number of carbonyl (C=O) groups excluding carboxylic acids is 2. The number of nitrogens with one attached hydrogen (secondary N) is 2. The summed E-state index contributed by atoms with van der Waals surface area (Å²) in [6.45, 7) is 11.3. The second-order valence-electron chi connectivity index (χ2n) is 7.68. The van der Waals surface area contributed by atoms with Crippen LogP contribution in [0.4, 0.5) is 4.79 Å². The van der Waals surface area contributed by atoms with E-state index in [1.807, 2.05) is 32.0 Å². The summed E-state index contributed by atoms with van der Waals surface area (Å²) in [5.74, 6) is 0.161. The molecular formula is C19H30N2O3. The Morgan fingerprint density at radius 3 is 2.42 bits per heavy atom. The van der Waals surface area contributed by atoms with Gasteiger partial charge in [-0.1, -0.05) is 58.9 Å². The van der Waals surface area contributed by atoms with E-state index in [0.717, 1.165) is 12.0 Å². The average Bonchev–Trinajstić information content (AvgIpc) is 2.47. The highest BCUT2D eigenvalue weighted by molar-refractivity contribution is 5.82. The van der Waals surface area contributed by atoms with Crippen molar-refractivity contribution >= 4 is 12.0 Å². The molecule has 5 nitrogen and oxygen atoms in total. The van der Waals surface area contributed by atoms with Crippen LogP contribution < -0.4 is 10.6 Å². The first-order valence-electron chi connectivity index (χ1n) is 8.41. The van der Waals surface area contributed by atoms with Crippen molar-refractivity contribution in [2.75, 3.05) is 13.1 Å². The van der Waals surface area contributed by atoms with Gasteiger partial charge in [0, 0.05) is 6.54 Å². The van der Waals surface area contributed by atoms with Crippen LogP contribution >= 0.6 is 0 Å². The maximum absolute atomic E-state index is 11.7. The van der Waals surface area contributed by atoms with E-state index in [1.165, 1.54) is 5.56 Å². The van der Waals surface area contributed by atoms with Crippen molar-refractivity contribution in [3.8, 4) is 0 Å². The Morgan fingerprint density at radius 1 is 1.12 bits per heavy atom. The first-order valence-corrected chi connectivity index (χ1v) is 8.41. The van der Waals surface area contributed by atoms with Gasteiger partial charge in [0.1, 0.15) is 6.61 Å². The van der Waals surface area contributed by atoms with Gasteiger partial charge in [0.25, 0.3) is 0 Å². The first-order chi connectivity index (χ1) is 11.2. The smallest absolute Gasteiger partial charge is 0.407 e. The summed E-state index contributed by atoms with van der Waals surface area (Å²) in [5.41, 5.74) is 2.37. The highest BCUT2D eigenvalue weighted by atomic mass is 16.5. The third-order valence-electron chi connectivity index (χ3n) is 3.20. The van der Waals surface area contributed by atoms with E-state index in [1.54, 1.807) is 0 Å². The number of hydrogen-bond acceptors (Lipinski definition) is 3. The molecule has 0 atom stereocenters. The zero-order valence-electron chi connectivity index (χ0n) is 15.4. The van der Waals surface area contributed by atoms with Crippen molar-refractivity contribution < 1.29 is 14.3 Å². The van der Waals surface area contributed by atoms with Crippen LogP contribution in [-0.4, -0.2) is 25.1 Å². The third-order valence-corrected chi connectivity index (χ3v) is 3.20. The number of hydrogen-bond donors (Lipinski definition) is 2. The summed E-state index contributed by atoms with van der Waals surface area (Å²) in [7, 11) is 0. The first kappa shape index (κ1) is 20.0. The highest BCUT2D eigenvalue weighted by Gasteiger charge is 2.12. The van der Waals surface area contributed by atoms with Crippen molar-refractivity contribution in [3.63, 3.8) is 0 Å². The monoisotopic (exact) mass is 334 g/mol. The maximum Gasteiger partial charge on any atom is 0.407 e. The lowest BCUT2D eigenvalue weighted by Crippen LogP contribution is -2.38. The molecule has 0 radical (unpaired) electrons. The zero-order chi connectivity index (χ0) is 18.2. The quantitative estimate of drug-likeness (QED) is 0.804. The fourth-order valence-electron chi connectivity index (χ4n) is 2.17. The van der Waals surface area contributed by atoms with Crippen LogP contribution in [0.15, 0.2) is 24.3 Å². The Hall–Kier alpha value is -2.04. The van der Waals surface area contributed by atoms with Gasteiger partial charge < -0.3 is 15.4 Å². The second-order valence-corrected chi connectivity index (χ2v) is 7.68. The van der Waals surface area contributed by atoms with Gasteiger partial charge in [0.05, 0.1) is 6.54 Å². The van der Waals surface area contributed by atoms with Gasteiger partial charge in [0.15, 0.2) is 0 Å². The van der Waals surface area contributed by atoms with E-state index in [9.17, 15) is 9.59 Å². The van der Waals surface area contributed by atoms with Crippen molar-refractivity contribution in [1.29, 1.82) is 0 Å². The van der Waals surface area contributed by atoms with Crippen LogP contribution in [-0.2, 0) is 22.6 Å². The lowest BCUT2D eigenvalue weighted by atomic mass is 9.88. The number of alkyl carbamates (subject to hydrolysis) is 1. The topological polar surface area (TPSA) is 67.4 Å². The predicted molar refractivity (Wildman–Crippen MR) is 95.6 cm³/mol. The van der Waals surface area contributed by atoms with Gasteiger partial charge in [0.2, 0.25) is 5.91 Å². The van der Waals surface area contributed by atoms with E-state index < -0.39 is 6.09 Å². The molecule has 2 amide bonds. The molecule has 2 N–H and O–H groups in total. The van der Waals surface area contributed by atoms with E-state index in [2.05, 4.69) is 37.5 Å². The third kappa shape index (κ3) is 9.18. The van der Waals surface area contributed by atoms with Crippen LogP contribution in [0.5, 0.6) is 0 Å². The maximum atomic E-state index is 11.7. The number of amides is 2. The number of rotatable bonds is 7. The summed E-state index contributed by atoms with van der Waals surface area (Å²) in [4.78, 5) is 23.2. The summed E-state index contributed by atoms with van der Waals surface area (Å²) < 4.78 is 5.16. The molecule has 0 heterocycles. The lowest BCUT2D eigenvalue weighted by Gasteiger charge is -2.18.